The van der Waals surface area contributed by atoms with E-state index in [0.717, 1.165) is 44.6 Å². The highest BCUT2D eigenvalue weighted by Crippen LogP contribution is 2.26. The summed E-state index contributed by atoms with van der Waals surface area (Å²) in [6.45, 7) is 13.1. The van der Waals surface area contributed by atoms with Crippen molar-refractivity contribution in [3.63, 3.8) is 0 Å². The van der Waals surface area contributed by atoms with Crippen LogP contribution in [-0.2, 0) is 14.3 Å². The number of aliphatic carboxylic acids is 1. The van der Waals surface area contributed by atoms with Crippen molar-refractivity contribution in [1.29, 1.82) is 0 Å². The van der Waals surface area contributed by atoms with Crippen LogP contribution in [0.15, 0.2) is 65.2 Å². The fourth-order valence-electron chi connectivity index (χ4n) is 8.08. The summed E-state index contributed by atoms with van der Waals surface area (Å²) in [6.07, 6.45) is 10.9. The lowest BCUT2D eigenvalue weighted by molar-refractivity contribution is -0.147. The number of carboxylic acid groups (broad SMARTS) is 1. The summed E-state index contributed by atoms with van der Waals surface area (Å²) in [7, 11) is 3.54. The molecule has 0 spiro atoms. The minimum Gasteiger partial charge on any atom is -0.481 e. The Bertz CT molecular complexity index is 1590. The third-order valence-electron chi connectivity index (χ3n) is 13.3. The fraction of sp³-hybridized carbons (Fsp3) is 0.755. The van der Waals surface area contributed by atoms with Crippen LogP contribution in [0.5, 0.6) is 0 Å². The maximum Gasteiger partial charge on any atom is 0.331 e. The van der Waals surface area contributed by atoms with Gasteiger partial charge in [0.15, 0.2) is 5.96 Å². The first kappa shape index (κ1) is 66.5. The zero-order valence-corrected chi connectivity index (χ0v) is 43.6. The van der Waals surface area contributed by atoms with Gasteiger partial charge in [-0.3, -0.25) is 9.79 Å². The number of carbonyl (C=O) groups excluding carboxylic acids is 1. The van der Waals surface area contributed by atoms with Crippen LogP contribution in [0.25, 0.3) is 0 Å². The summed E-state index contributed by atoms with van der Waals surface area (Å²) in [5.41, 5.74) is 0.565. The summed E-state index contributed by atoms with van der Waals surface area (Å²) >= 11 is 0. The number of carboxylic acids is 1. The molecule has 17 heteroatoms. The molecule has 17 nitrogen and oxygen atoms in total. The van der Waals surface area contributed by atoms with Crippen molar-refractivity contribution in [3.8, 4) is 0 Å². The van der Waals surface area contributed by atoms with Gasteiger partial charge in [0.25, 0.3) is 0 Å². The summed E-state index contributed by atoms with van der Waals surface area (Å²) in [5.74, 6) is -3.18. The van der Waals surface area contributed by atoms with Gasteiger partial charge in [-0.25, -0.2) is 4.79 Å². The smallest absolute Gasteiger partial charge is 0.331 e. The molecule has 13 N–H and O–H groups in total. The predicted octanol–water partition coefficient (Wildman–Crippen LogP) is 4.08. The van der Waals surface area contributed by atoms with E-state index in [-0.39, 0.29) is 69.3 Å². The average Bonchev–Trinajstić information content (AvgIpc) is 3.30. The number of nitrogens with one attached hydrogen (secondary N) is 2. The van der Waals surface area contributed by atoms with E-state index in [2.05, 4.69) is 27.8 Å². The minimum atomic E-state index is -1.11. The van der Waals surface area contributed by atoms with Crippen LogP contribution < -0.4 is 10.6 Å². The van der Waals surface area contributed by atoms with Gasteiger partial charge in [-0.2, -0.15) is 0 Å². The number of carbonyl (C=O) groups is 2. The van der Waals surface area contributed by atoms with E-state index in [0.29, 0.717) is 12.0 Å². The topological polar surface area (TPSA) is 302 Å². The van der Waals surface area contributed by atoms with E-state index < -0.39 is 90.7 Å². The number of hydrogen-bond donors (Lipinski definition) is 13. The number of unbranched alkanes of at least 4 members (excludes halogenated alkanes) is 2. The quantitative estimate of drug-likeness (QED) is 0.00789. The van der Waals surface area contributed by atoms with E-state index in [4.69, 9.17) is 14.9 Å². The normalized spacial score (nSPS) is 20.0. The molecule has 0 aromatic rings. The molecule has 0 aromatic carbocycles. The number of aliphatic hydroxyl groups is 10. The highest BCUT2D eigenvalue weighted by atomic mass is 16.5. The van der Waals surface area contributed by atoms with Crippen LogP contribution in [0.1, 0.15) is 132 Å². The van der Waals surface area contributed by atoms with Gasteiger partial charge >= 0.3 is 11.9 Å². The standard InChI is InChI=1S/C53H95N3O14/c1-34(45(62)32-48(65)39(6)44(61)25-24-35(2)46(63)33-49(66)67)19-15-16-23-50(68)70-52(37(4)20-14-12-10-11-13-17-27-56-53(54-8)55-9)38(5)22-18-21-36(3)51(69)40(7)47(64)31-43(60)30-42(59)29-41(58)26-28-57/h10-11,15-16,18-19,21-23,34-35,37-48,51-52,57-65,69H,12-14,17,20,24-33H2,1-9H3,(H,66,67)(H2,54,55,56)/b11-10+,19-15+,22-18+,23-16+,36-21+. The molecule has 0 amide bonds. The van der Waals surface area contributed by atoms with Gasteiger partial charge < -0.3 is 71.5 Å². The Morgan fingerprint density at radius 3 is 1.86 bits per heavy atom. The predicted molar refractivity (Wildman–Crippen MR) is 274 cm³/mol. The molecule has 16 unspecified atom stereocenters. The van der Waals surface area contributed by atoms with Gasteiger partial charge in [-0.05, 0) is 95.0 Å². The van der Waals surface area contributed by atoms with Crippen molar-refractivity contribution in [2.75, 3.05) is 27.2 Å². The van der Waals surface area contributed by atoms with E-state index >= 15 is 0 Å². The lowest BCUT2D eigenvalue weighted by Crippen LogP contribution is -2.35. The van der Waals surface area contributed by atoms with Crippen molar-refractivity contribution in [3.05, 3.63) is 60.3 Å². The first-order chi connectivity index (χ1) is 33.0. The third-order valence-corrected chi connectivity index (χ3v) is 13.3. The lowest BCUT2D eigenvalue weighted by atomic mass is 9.86. The highest BCUT2D eigenvalue weighted by Gasteiger charge is 2.30. The number of aliphatic hydroxyl groups excluding tert-OH is 10. The maximum absolute atomic E-state index is 13.2. The van der Waals surface area contributed by atoms with Gasteiger partial charge in [0.1, 0.15) is 6.10 Å². The molecular weight excluding hydrogens is 903 g/mol. The van der Waals surface area contributed by atoms with Crippen LogP contribution >= 0.6 is 0 Å². The number of hydrogen-bond acceptors (Lipinski definition) is 14. The average molecular weight is 998 g/mol. The molecule has 0 rings (SSSR count). The Morgan fingerprint density at radius 1 is 0.643 bits per heavy atom. The molecule has 0 heterocycles. The number of esters is 1. The zero-order valence-electron chi connectivity index (χ0n) is 43.6. The summed E-state index contributed by atoms with van der Waals surface area (Å²) < 4.78 is 6.06. The molecule has 70 heavy (non-hydrogen) atoms. The summed E-state index contributed by atoms with van der Waals surface area (Å²) in [6, 6.07) is 0. The van der Waals surface area contributed by atoms with Gasteiger partial charge in [-0.1, -0.05) is 90.2 Å². The first-order valence-electron chi connectivity index (χ1n) is 25.4. The second-order valence-electron chi connectivity index (χ2n) is 19.5. The van der Waals surface area contributed by atoms with Gasteiger partial charge in [-0.15, -0.1) is 0 Å². The Labute approximate surface area is 418 Å². The monoisotopic (exact) mass is 998 g/mol. The second kappa shape index (κ2) is 38.2. The van der Waals surface area contributed by atoms with E-state index in [1.807, 2.05) is 27.0 Å². The molecule has 0 saturated heterocycles. The fourth-order valence-corrected chi connectivity index (χ4v) is 8.08. The molecular formula is C53H95N3O14. The number of guanidine groups is 1. The maximum atomic E-state index is 13.2. The first-order valence-corrected chi connectivity index (χ1v) is 25.4. The van der Waals surface area contributed by atoms with E-state index in [1.54, 1.807) is 66.0 Å². The molecule has 0 aromatic heterocycles. The highest BCUT2D eigenvalue weighted by molar-refractivity contribution is 5.82. The van der Waals surface area contributed by atoms with E-state index in [1.165, 1.54) is 12.2 Å². The van der Waals surface area contributed by atoms with Crippen LogP contribution in [0.4, 0.5) is 0 Å². The minimum absolute atomic E-state index is 0.0111. The summed E-state index contributed by atoms with van der Waals surface area (Å²) in [5, 5.41) is 119. The third kappa shape index (κ3) is 29.8. The molecule has 0 fully saturated rings. The molecule has 0 aliphatic carbocycles. The molecule has 0 aliphatic heterocycles. The lowest BCUT2D eigenvalue weighted by Gasteiger charge is -2.28. The van der Waals surface area contributed by atoms with Crippen LogP contribution in [0, 0.1) is 35.5 Å². The largest absolute Gasteiger partial charge is 0.481 e. The summed E-state index contributed by atoms with van der Waals surface area (Å²) in [4.78, 5) is 28.3. The van der Waals surface area contributed by atoms with Crippen LogP contribution in [-0.4, -0.2) is 162 Å². The Kier molecular flexibility index (Phi) is 36.3. The number of aliphatic imine (C=N–C) groups is 1. The van der Waals surface area contributed by atoms with Gasteiger partial charge in [0, 0.05) is 63.4 Å². The van der Waals surface area contributed by atoms with Crippen LogP contribution in [0.2, 0.25) is 0 Å². The van der Waals surface area contributed by atoms with Gasteiger partial charge in [0.05, 0.1) is 61.4 Å². The molecule has 406 valence electrons. The van der Waals surface area contributed by atoms with Crippen molar-refractivity contribution >= 4 is 17.9 Å². The Hall–Kier alpha value is -3.49. The van der Waals surface area contributed by atoms with Crippen molar-refractivity contribution in [2.45, 2.75) is 193 Å². The Morgan fingerprint density at radius 2 is 1.24 bits per heavy atom. The van der Waals surface area contributed by atoms with Crippen molar-refractivity contribution in [1.82, 2.24) is 10.6 Å². The Balaban J connectivity index is 5.70. The van der Waals surface area contributed by atoms with Gasteiger partial charge in [0.2, 0.25) is 0 Å². The second-order valence-corrected chi connectivity index (χ2v) is 19.5. The molecule has 16 atom stereocenters. The number of ether oxygens (including phenoxy) is 1. The number of allylic oxidation sites excluding steroid dienone is 6. The van der Waals surface area contributed by atoms with Crippen LogP contribution in [0.3, 0.4) is 0 Å². The molecule has 0 saturated carbocycles. The number of rotatable bonds is 38. The zero-order chi connectivity index (χ0) is 53.3. The molecule has 0 aliphatic rings. The van der Waals surface area contributed by atoms with Crippen molar-refractivity contribution in [2.24, 2.45) is 40.5 Å². The van der Waals surface area contributed by atoms with E-state index in [9.17, 15) is 55.5 Å². The molecule has 0 radical (unpaired) electrons. The van der Waals surface area contributed by atoms with Crippen molar-refractivity contribution < 1.29 is 70.5 Å². The SMILES string of the molecule is CN=C(NC)NCCC/C=C/CCCC(C)C(OC(=O)/C=C/C=C/C(C)C(O)CC(O)C(C)C(O)CCC(C)C(O)CC(=O)O)C(C)/C=C/C=C(\C)C(O)C(C)C(O)CC(O)CC(O)CC(O)CCO. The number of nitrogens with zero attached hydrogens (tertiary/aromatic N) is 1. The molecule has 0 bridgehead atoms.